The number of carbonyl (C=O) groups excluding carboxylic acids is 1. The van der Waals surface area contributed by atoms with Gasteiger partial charge in [-0.3, -0.25) is 4.18 Å². The maximum absolute atomic E-state index is 12.0. The number of amides is 1. The molecule has 0 N–H and O–H groups in total. The molecule has 1 aromatic rings. The fourth-order valence-electron chi connectivity index (χ4n) is 2.03. The highest BCUT2D eigenvalue weighted by Crippen LogP contribution is 2.20. The maximum Gasteiger partial charge on any atom is 0.410 e. The Morgan fingerprint density at radius 2 is 1.86 bits per heavy atom. The first-order chi connectivity index (χ1) is 10.2. The molecule has 0 bridgehead atoms. The van der Waals surface area contributed by atoms with E-state index in [0.717, 1.165) is 5.56 Å². The van der Waals surface area contributed by atoms with Gasteiger partial charge in [0.1, 0.15) is 5.60 Å². The van der Waals surface area contributed by atoms with Crippen LogP contribution in [0.2, 0.25) is 0 Å². The smallest absolute Gasteiger partial charge is 0.410 e. The van der Waals surface area contributed by atoms with E-state index in [1.54, 1.807) is 17.0 Å². The van der Waals surface area contributed by atoms with Gasteiger partial charge < -0.3 is 9.64 Å². The molecule has 1 heterocycles. The number of ether oxygens (including phenoxy) is 1. The maximum atomic E-state index is 12.0. The van der Waals surface area contributed by atoms with E-state index >= 15 is 0 Å². The molecule has 1 aliphatic rings. The first-order valence-electron chi connectivity index (χ1n) is 7.34. The third kappa shape index (κ3) is 4.81. The zero-order chi connectivity index (χ0) is 16.3. The Bertz CT molecular complexity index is 544. The SMILES string of the molecule is Cc1ccc(S(=O)OCC2CN(C(=O)OC(C)(C)C)C2)cc1. The van der Waals surface area contributed by atoms with Gasteiger partial charge in [-0.25, -0.2) is 9.00 Å². The average molecular weight is 325 g/mol. The van der Waals surface area contributed by atoms with Gasteiger partial charge in [-0.1, -0.05) is 17.7 Å². The highest BCUT2D eigenvalue weighted by Gasteiger charge is 2.34. The lowest BCUT2D eigenvalue weighted by Gasteiger charge is -2.39. The molecule has 6 heteroatoms. The van der Waals surface area contributed by atoms with Crippen LogP contribution in [0.1, 0.15) is 26.3 Å². The van der Waals surface area contributed by atoms with Gasteiger partial charge in [-0.2, -0.15) is 0 Å². The minimum Gasteiger partial charge on any atom is -0.444 e. The second-order valence-electron chi connectivity index (χ2n) is 6.58. The van der Waals surface area contributed by atoms with Gasteiger partial charge in [-0.15, -0.1) is 0 Å². The second-order valence-corrected chi connectivity index (χ2v) is 7.76. The molecule has 1 aliphatic heterocycles. The third-order valence-electron chi connectivity index (χ3n) is 3.23. The van der Waals surface area contributed by atoms with Gasteiger partial charge in [0.25, 0.3) is 0 Å². The minimum absolute atomic E-state index is 0.210. The summed E-state index contributed by atoms with van der Waals surface area (Å²) in [5.74, 6) is 0.210. The Morgan fingerprint density at radius 1 is 1.27 bits per heavy atom. The summed E-state index contributed by atoms with van der Waals surface area (Å²) < 4.78 is 22.7. The van der Waals surface area contributed by atoms with Gasteiger partial charge in [0.2, 0.25) is 0 Å². The number of hydrogen-bond acceptors (Lipinski definition) is 4. The van der Waals surface area contributed by atoms with Gasteiger partial charge >= 0.3 is 6.09 Å². The van der Waals surface area contributed by atoms with Crippen molar-refractivity contribution in [2.24, 2.45) is 5.92 Å². The van der Waals surface area contributed by atoms with Gasteiger partial charge in [0.15, 0.2) is 11.1 Å². The van der Waals surface area contributed by atoms with Crippen molar-refractivity contribution in [1.29, 1.82) is 0 Å². The van der Waals surface area contributed by atoms with Crippen molar-refractivity contribution in [3.8, 4) is 0 Å². The summed E-state index contributed by atoms with van der Waals surface area (Å²) in [5, 5.41) is 0. The Labute approximate surface area is 134 Å². The molecule has 1 unspecified atom stereocenters. The van der Waals surface area contributed by atoms with Crippen LogP contribution in [-0.4, -0.2) is 40.5 Å². The molecule has 0 spiro atoms. The number of nitrogens with zero attached hydrogens (tertiary/aromatic N) is 1. The van der Waals surface area contributed by atoms with Crippen molar-refractivity contribution in [2.45, 2.75) is 38.2 Å². The Balaban J connectivity index is 1.71. The molecule has 5 nitrogen and oxygen atoms in total. The first-order valence-corrected chi connectivity index (χ1v) is 8.42. The molecule has 22 heavy (non-hydrogen) atoms. The lowest BCUT2D eigenvalue weighted by Crippen LogP contribution is -2.53. The summed E-state index contributed by atoms with van der Waals surface area (Å²) >= 11 is -1.45. The van der Waals surface area contributed by atoms with E-state index in [0.29, 0.717) is 24.6 Å². The standard InChI is InChI=1S/C16H23NO4S/c1-12-5-7-14(8-6-12)22(19)20-11-13-9-17(10-13)15(18)21-16(2,3)4/h5-8,13H,9-11H2,1-4H3. The molecule has 2 rings (SSSR count). The number of likely N-dealkylation sites (tertiary alicyclic amines) is 1. The van der Waals surface area contributed by atoms with Crippen LogP contribution in [0.15, 0.2) is 29.2 Å². The number of aryl methyl sites for hydroxylation is 1. The average Bonchev–Trinajstić information content (AvgIpc) is 2.35. The fraction of sp³-hybridized carbons (Fsp3) is 0.562. The molecular weight excluding hydrogens is 302 g/mol. The van der Waals surface area contributed by atoms with Crippen LogP contribution in [0.4, 0.5) is 4.79 Å². The van der Waals surface area contributed by atoms with Crippen molar-refractivity contribution in [3.05, 3.63) is 29.8 Å². The molecule has 1 atom stereocenters. The van der Waals surface area contributed by atoms with Crippen molar-refractivity contribution in [2.75, 3.05) is 19.7 Å². The van der Waals surface area contributed by atoms with Gasteiger partial charge in [0, 0.05) is 19.0 Å². The molecule has 1 amide bonds. The van der Waals surface area contributed by atoms with Crippen LogP contribution >= 0.6 is 0 Å². The molecule has 0 aliphatic carbocycles. The van der Waals surface area contributed by atoms with Crippen molar-refractivity contribution < 1.29 is 17.9 Å². The lowest BCUT2D eigenvalue weighted by atomic mass is 10.0. The zero-order valence-electron chi connectivity index (χ0n) is 13.5. The molecule has 0 aromatic heterocycles. The summed E-state index contributed by atoms with van der Waals surface area (Å²) in [6.45, 7) is 9.05. The molecule has 0 radical (unpaired) electrons. The molecule has 1 saturated heterocycles. The highest BCUT2D eigenvalue weighted by molar-refractivity contribution is 7.80. The van der Waals surface area contributed by atoms with E-state index in [4.69, 9.17) is 8.92 Å². The topological polar surface area (TPSA) is 55.8 Å². The van der Waals surface area contributed by atoms with E-state index in [2.05, 4.69) is 0 Å². The van der Waals surface area contributed by atoms with Crippen LogP contribution in [0.3, 0.4) is 0 Å². The van der Waals surface area contributed by atoms with Crippen LogP contribution in [-0.2, 0) is 20.0 Å². The second kappa shape index (κ2) is 6.79. The molecular formula is C16H23NO4S. The molecule has 0 saturated carbocycles. The first kappa shape index (κ1) is 17.0. The monoisotopic (exact) mass is 325 g/mol. The minimum atomic E-state index is -1.45. The van der Waals surface area contributed by atoms with E-state index in [9.17, 15) is 9.00 Å². The summed E-state index contributed by atoms with van der Waals surface area (Å²) in [7, 11) is 0. The fourth-order valence-corrected chi connectivity index (χ4v) is 2.84. The molecule has 122 valence electrons. The number of benzene rings is 1. The summed E-state index contributed by atoms with van der Waals surface area (Å²) in [5.41, 5.74) is 0.638. The predicted molar refractivity (Wildman–Crippen MR) is 84.8 cm³/mol. The number of rotatable bonds is 4. The summed E-state index contributed by atoms with van der Waals surface area (Å²) in [6.07, 6.45) is -0.302. The normalized spacial score (nSPS) is 17.0. The quantitative estimate of drug-likeness (QED) is 0.854. The van der Waals surface area contributed by atoms with Crippen LogP contribution in [0, 0.1) is 12.8 Å². The molecule has 1 fully saturated rings. The van der Waals surface area contributed by atoms with Gasteiger partial charge in [-0.05, 0) is 39.8 Å². The zero-order valence-corrected chi connectivity index (χ0v) is 14.3. The van der Waals surface area contributed by atoms with Crippen LogP contribution in [0.5, 0.6) is 0 Å². The summed E-state index contributed by atoms with van der Waals surface area (Å²) in [4.78, 5) is 14.1. The van der Waals surface area contributed by atoms with Crippen LogP contribution in [0.25, 0.3) is 0 Å². The Hall–Kier alpha value is -1.40. The largest absolute Gasteiger partial charge is 0.444 e. The van der Waals surface area contributed by atoms with E-state index in [1.165, 1.54) is 0 Å². The van der Waals surface area contributed by atoms with E-state index in [-0.39, 0.29) is 12.0 Å². The third-order valence-corrected chi connectivity index (χ3v) is 4.24. The number of carbonyl (C=O) groups is 1. The molecule has 1 aromatic carbocycles. The Morgan fingerprint density at radius 3 is 2.41 bits per heavy atom. The Kier molecular flexibility index (Phi) is 5.24. The van der Waals surface area contributed by atoms with E-state index in [1.807, 2.05) is 39.8 Å². The highest BCUT2D eigenvalue weighted by atomic mass is 32.2. The van der Waals surface area contributed by atoms with Crippen molar-refractivity contribution in [3.63, 3.8) is 0 Å². The lowest BCUT2D eigenvalue weighted by molar-refractivity contribution is -0.00695. The summed E-state index contributed by atoms with van der Waals surface area (Å²) in [6, 6.07) is 7.42. The van der Waals surface area contributed by atoms with Gasteiger partial charge in [0.05, 0.1) is 11.5 Å². The van der Waals surface area contributed by atoms with Crippen molar-refractivity contribution >= 4 is 17.2 Å². The van der Waals surface area contributed by atoms with Crippen LogP contribution < -0.4 is 0 Å². The predicted octanol–water partition coefficient (Wildman–Crippen LogP) is 2.90. The number of hydrogen-bond donors (Lipinski definition) is 0. The van der Waals surface area contributed by atoms with Crippen molar-refractivity contribution in [1.82, 2.24) is 4.90 Å². The van der Waals surface area contributed by atoms with E-state index < -0.39 is 16.7 Å².